The van der Waals surface area contributed by atoms with Crippen molar-refractivity contribution >= 4 is 11.8 Å². The number of carbonyl (C=O) groups excluding carboxylic acids is 1. The maximum absolute atomic E-state index is 11.7. The summed E-state index contributed by atoms with van der Waals surface area (Å²) in [6.45, 7) is 6.68. The summed E-state index contributed by atoms with van der Waals surface area (Å²) in [5.74, 6) is 1.11. The van der Waals surface area contributed by atoms with Crippen LogP contribution < -0.4 is 10.6 Å². The molecule has 4 rings (SSSR count). The van der Waals surface area contributed by atoms with E-state index in [-0.39, 0.29) is 6.03 Å². The van der Waals surface area contributed by atoms with Crippen LogP contribution in [0.5, 0.6) is 0 Å². The molecule has 1 aromatic heterocycles. The number of nitrogens with zero attached hydrogens (tertiary/aromatic N) is 4. The van der Waals surface area contributed by atoms with Gasteiger partial charge in [-0.25, -0.2) is 4.79 Å². The molecule has 0 unspecified atom stereocenters. The lowest BCUT2D eigenvalue weighted by molar-refractivity contribution is 0.201. The lowest BCUT2D eigenvalue weighted by Gasteiger charge is -2.40. The zero-order valence-electron chi connectivity index (χ0n) is 15.5. The second-order valence-corrected chi connectivity index (χ2v) is 8.18. The van der Waals surface area contributed by atoms with Crippen LogP contribution >= 0.6 is 0 Å². The van der Waals surface area contributed by atoms with Crippen molar-refractivity contribution in [3.05, 3.63) is 11.3 Å². The van der Waals surface area contributed by atoms with Gasteiger partial charge in [-0.2, -0.15) is 5.10 Å². The third-order valence-corrected chi connectivity index (χ3v) is 6.65. The van der Waals surface area contributed by atoms with Crippen LogP contribution in [0.4, 0.5) is 10.6 Å². The van der Waals surface area contributed by atoms with E-state index >= 15 is 0 Å². The van der Waals surface area contributed by atoms with Gasteiger partial charge in [-0.05, 0) is 37.5 Å². The fourth-order valence-corrected chi connectivity index (χ4v) is 5.13. The molecule has 1 saturated carbocycles. The number of aromatic nitrogens is 2. The zero-order chi connectivity index (χ0) is 17.4. The van der Waals surface area contributed by atoms with Crippen LogP contribution in [-0.4, -0.2) is 40.3 Å². The van der Waals surface area contributed by atoms with Crippen LogP contribution in [0.15, 0.2) is 0 Å². The first-order chi connectivity index (χ1) is 12.1. The lowest BCUT2D eigenvalue weighted by Crippen LogP contribution is -2.42. The molecule has 0 bridgehead atoms. The molecule has 2 N–H and O–H groups in total. The van der Waals surface area contributed by atoms with Crippen molar-refractivity contribution < 1.29 is 4.79 Å². The molecule has 1 saturated heterocycles. The topological polar surface area (TPSA) is 67.4 Å². The summed E-state index contributed by atoms with van der Waals surface area (Å²) in [6, 6.07) is -0.316. The van der Waals surface area contributed by atoms with Crippen molar-refractivity contribution in [2.45, 2.75) is 71.4 Å². The van der Waals surface area contributed by atoms with Gasteiger partial charge in [0.05, 0.1) is 6.54 Å². The second kappa shape index (κ2) is 6.54. The van der Waals surface area contributed by atoms with Gasteiger partial charge in [-0.15, -0.1) is 0 Å². The standard InChI is InChI=1S/C19H31N5O/c1-2-10-24-16-5-11-23(18(20)25)14-15(16)17(21-24)22-12-8-19(9-13-22)6-3-4-7-19/h2-14H2,1H3,(H2,20,25). The Morgan fingerprint density at radius 1 is 1.16 bits per heavy atom. The molecular weight excluding hydrogens is 314 g/mol. The van der Waals surface area contributed by atoms with E-state index < -0.39 is 0 Å². The van der Waals surface area contributed by atoms with Crippen LogP contribution in [0.25, 0.3) is 0 Å². The van der Waals surface area contributed by atoms with Crippen molar-refractivity contribution in [1.82, 2.24) is 14.7 Å². The normalized spacial score (nSPS) is 22.4. The van der Waals surface area contributed by atoms with E-state index in [0.29, 0.717) is 18.5 Å². The fraction of sp³-hybridized carbons (Fsp3) is 0.789. The van der Waals surface area contributed by atoms with E-state index in [2.05, 4.69) is 16.5 Å². The van der Waals surface area contributed by atoms with Crippen LogP contribution in [0.1, 0.15) is 63.1 Å². The summed E-state index contributed by atoms with van der Waals surface area (Å²) in [5.41, 5.74) is 8.71. The number of hydrogen-bond donors (Lipinski definition) is 1. The summed E-state index contributed by atoms with van der Waals surface area (Å²) in [4.78, 5) is 15.9. The van der Waals surface area contributed by atoms with E-state index in [4.69, 9.17) is 10.8 Å². The number of fused-ring (bicyclic) bond motifs is 1. The minimum Gasteiger partial charge on any atom is -0.355 e. The molecule has 1 aliphatic carbocycles. The fourth-order valence-electron chi connectivity index (χ4n) is 5.13. The Morgan fingerprint density at radius 3 is 2.52 bits per heavy atom. The number of carbonyl (C=O) groups is 1. The first kappa shape index (κ1) is 16.7. The highest BCUT2D eigenvalue weighted by molar-refractivity contribution is 5.73. The minimum absolute atomic E-state index is 0.316. The van der Waals surface area contributed by atoms with Crippen LogP contribution in [0, 0.1) is 5.41 Å². The van der Waals surface area contributed by atoms with E-state index in [1.165, 1.54) is 49.8 Å². The monoisotopic (exact) mass is 345 g/mol. The highest BCUT2D eigenvalue weighted by atomic mass is 16.2. The number of rotatable bonds is 3. The van der Waals surface area contributed by atoms with Crippen molar-refractivity contribution in [2.24, 2.45) is 11.1 Å². The summed E-state index contributed by atoms with van der Waals surface area (Å²) >= 11 is 0. The molecule has 1 spiro atoms. The predicted octanol–water partition coefficient (Wildman–Crippen LogP) is 2.89. The van der Waals surface area contributed by atoms with Gasteiger partial charge >= 0.3 is 6.03 Å². The van der Waals surface area contributed by atoms with E-state index in [9.17, 15) is 4.79 Å². The summed E-state index contributed by atoms with van der Waals surface area (Å²) in [5, 5.41) is 4.98. The predicted molar refractivity (Wildman–Crippen MR) is 98.6 cm³/mol. The highest BCUT2D eigenvalue weighted by Crippen LogP contribution is 2.47. The second-order valence-electron chi connectivity index (χ2n) is 8.18. The van der Waals surface area contributed by atoms with Crippen LogP contribution in [-0.2, 0) is 19.5 Å². The van der Waals surface area contributed by atoms with Crippen molar-refractivity contribution in [3.8, 4) is 0 Å². The third kappa shape index (κ3) is 3.00. The van der Waals surface area contributed by atoms with Gasteiger partial charge in [-0.3, -0.25) is 4.68 Å². The molecule has 3 aliphatic rings. The van der Waals surface area contributed by atoms with Crippen molar-refractivity contribution in [3.63, 3.8) is 0 Å². The Morgan fingerprint density at radius 2 is 1.88 bits per heavy atom. The number of nitrogens with two attached hydrogens (primary N) is 1. The lowest BCUT2D eigenvalue weighted by atomic mass is 9.77. The first-order valence-corrected chi connectivity index (χ1v) is 10.00. The Hall–Kier alpha value is -1.72. The van der Waals surface area contributed by atoms with Crippen LogP contribution in [0.2, 0.25) is 0 Å². The molecule has 138 valence electrons. The average Bonchev–Trinajstić information content (AvgIpc) is 3.21. The van der Waals surface area contributed by atoms with Gasteiger partial charge < -0.3 is 15.5 Å². The van der Waals surface area contributed by atoms with Gasteiger partial charge in [0.25, 0.3) is 0 Å². The number of urea groups is 1. The molecule has 6 nitrogen and oxygen atoms in total. The smallest absolute Gasteiger partial charge is 0.315 e. The quantitative estimate of drug-likeness (QED) is 0.916. The van der Waals surface area contributed by atoms with Gasteiger partial charge in [0.2, 0.25) is 0 Å². The summed E-state index contributed by atoms with van der Waals surface area (Å²) in [7, 11) is 0. The molecular formula is C19H31N5O. The maximum atomic E-state index is 11.7. The first-order valence-electron chi connectivity index (χ1n) is 10.00. The molecule has 0 radical (unpaired) electrons. The number of hydrogen-bond acceptors (Lipinski definition) is 3. The average molecular weight is 345 g/mol. The van der Waals surface area contributed by atoms with Crippen LogP contribution in [0.3, 0.4) is 0 Å². The molecule has 1 aromatic rings. The highest BCUT2D eigenvalue weighted by Gasteiger charge is 2.38. The summed E-state index contributed by atoms with van der Waals surface area (Å²) in [6.07, 6.45) is 10.2. The van der Waals surface area contributed by atoms with E-state index in [1.54, 1.807) is 4.90 Å². The van der Waals surface area contributed by atoms with Gasteiger partial charge in [0, 0.05) is 43.9 Å². The molecule has 2 fully saturated rings. The molecule has 6 heteroatoms. The number of amides is 2. The molecule has 2 aliphatic heterocycles. The molecule has 3 heterocycles. The maximum Gasteiger partial charge on any atom is 0.315 e. The SMILES string of the molecule is CCCn1nc(N2CCC3(CCCC3)CC2)c2c1CCN(C(N)=O)C2. The number of anilines is 1. The Balaban J connectivity index is 1.58. The minimum atomic E-state index is -0.316. The zero-order valence-corrected chi connectivity index (χ0v) is 15.5. The summed E-state index contributed by atoms with van der Waals surface area (Å²) < 4.78 is 2.18. The van der Waals surface area contributed by atoms with Gasteiger partial charge in [0.15, 0.2) is 5.82 Å². The van der Waals surface area contributed by atoms with Gasteiger partial charge in [0.1, 0.15) is 0 Å². The molecule has 0 aromatic carbocycles. The van der Waals surface area contributed by atoms with E-state index in [1.807, 2.05) is 0 Å². The van der Waals surface area contributed by atoms with Crippen molar-refractivity contribution in [1.29, 1.82) is 0 Å². The number of piperidine rings is 1. The number of primary amides is 1. The van der Waals surface area contributed by atoms with E-state index in [0.717, 1.165) is 38.3 Å². The van der Waals surface area contributed by atoms with Crippen molar-refractivity contribution in [2.75, 3.05) is 24.5 Å². The Labute approximate surface area is 150 Å². The largest absolute Gasteiger partial charge is 0.355 e. The van der Waals surface area contributed by atoms with Gasteiger partial charge in [-0.1, -0.05) is 19.8 Å². The number of aryl methyl sites for hydroxylation is 1. The molecule has 2 amide bonds. The molecule has 25 heavy (non-hydrogen) atoms. The Kier molecular flexibility index (Phi) is 4.38. The third-order valence-electron chi connectivity index (χ3n) is 6.65. The Bertz CT molecular complexity index is 636. The molecule has 0 atom stereocenters.